The normalized spacial score (nSPS) is 11.2. The zero-order valence-corrected chi connectivity index (χ0v) is 22.2. The molecule has 0 unspecified atom stereocenters. The van der Waals surface area contributed by atoms with Crippen molar-refractivity contribution in [1.29, 1.82) is 0 Å². The van der Waals surface area contributed by atoms with Gasteiger partial charge in [0.25, 0.3) is 0 Å². The topological polar surface area (TPSA) is 97.7 Å². The average Bonchev–Trinajstić information content (AvgIpc) is 3.65. The molecule has 9 heteroatoms. The van der Waals surface area contributed by atoms with Crippen LogP contribution in [0.25, 0.3) is 26.6 Å². The molecule has 2 N–H and O–H groups in total. The number of thiazole rings is 1. The highest BCUT2D eigenvalue weighted by atomic mass is 35.5. The van der Waals surface area contributed by atoms with Gasteiger partial charge in [0.1, 0.15) is 23.6 Å². The summed E-state index contributed by atoms with van der Waals surface area (Å²) in [5.41, 5.74) is 2.28. The molecule has 39 heavy (non-hydrogen) atoms. The van der Waals surface area contributed by atoms with E-state index in [0.29, 0.717) is 39.4 Å². The van der Waals surface area contributed by atoms with Crippen LogP contribution in [-0.2, 0) is 6.61 Å². The van der Waals surface area contributed by atoms with Gasteiger partial charge in [-0.25, -0.2) is 4.98 Å². The first kappa shape index (κ1) is 24.8. The molecule has 0 aliphatic rings. The van der Waals surface area contributed by atoms with Crippen molar-refractivity contribution in [3.63, 3.8) is 0 Å². The van der Waals surface area contributed by atoms with Gasteiger partial charge in [-0.2, -0.15) is 0 Å². The maximum atomic E-state index is 13.6. The van der Waals surface area contributed by atoms with E-state index >= 15 is 0 Å². The first-order chi connectivity index (χ1) is 18.9. The molecule has 3 aromatic carbocycles. The van der Waals surface area contributed by atoms with Gasteiger partial charge in [0, 0.05) is 0 Å². The molecule has 7 nitrogen and oxygen atoms in total. The highest BCUT2D eigenvalue weighted by molar-refractivity contribution is 7.21. The summed E-state index contributed by atoms with van der Waals surface area (Å²) >= 11 is 7.62. The number of para-hydroxylation sites is 1. The predicted molar refractivity (Wildman–Crippen MR) is 150 cm³/mol. The second-order valence-electron chi connectivity index (χ2n) is 8.85. The lowest BCUT2D eigenvalue weighted by Crippen LogP contribution is -2.04. The van der Waals surface area contributed by atoms with E-state index in [0.717, 1.165) is 10.3 Å². The summed E-state index contributed by atoms with van der Waals surface area (Å²) in [6.07, 6.45) is 0. The number of aromatic hydroxyl groups is 2. The number of ether oxygens (including phenoxy) is 1. The van der Waals surface area contributed by atoms with Gasteiger partial charge in [0.15, 0.2) is 16.6 Å². The van der Waals surface area contributed by atoms with Crippen molar-refractivity contribution < 1.29 is 24.2 Å². The molecule has 0 aliphatic carbocycles. The molecule has 194 valence electrons. The third kappa shape index (κ3) is 4.54. The molecule has 0 amide bonds. The molecule has 0 aliphatic heterocycles. The van der Waals surface area contributed by atoms with Gasteiger partial charge in [-0.1, -0.05) is 59.3 Å². The Labute approximate surface area is 232 Å². The summed E-state index contributed by atoms with van der Waals surface area (Å²) in [7, 11) is 0. The van der Waals surface area contributed by atoms with Crippen LogP contribution in [0.5, 0.6) is 17.4 Å². The number of nitrogens with zero attached hydrogens (tertiary/aromatic N) is 2. The van der Waals surface area contributed by atoms with Crippen molar-refractivity contribution >= 4 is 38.9 Å². The zero-order valence-electron chi connectivity index (χ0n) is 20.6. The van der Waals surface area contributed by atoms with Gasteiger partial charge in [-0.15, -0.1) is 0 Å². The van der Waals surface area contributed by atoms with Gasteiger partial charge >= 0.3 is 0 Å². The molecule has 0 radical (unpaired) electrons. The summed E-state index contributed by atoms with van der Waals surface area (Å²) in [6.45, 7) is 2.12. The molecule has 3 heterocycles. The van der Waals surface area contributed by atoms with Crippen LogP contribution in [0.1, 0.15) is 27.4 Å². The van der Waals surface area contributed by atoms with Crippen LogP contribution in [0, 0.1) is 6.92 Å². The minimum absolute atomic E-state index is 0.0383. The molecule has 3 aromatic heterocycles. The summed E-state index contributed by atoms with van der Waals surface area (Å²) in [6, 6.07) is 25.4. The van der Waals surface area contributed by atoms with E-state index in [-0.39, 0.29) is 17.0 Å². The van der Waals surface area contributed by atoms with E-state index < -0.39 is 17.4 Å². The fourth-order valence-electron chi connectivity index (χ4n) is 4.35. The lowest BCUT2D eigenvalue weighted by Gasteiger charge is -2.11. The quantitative estimate of drug-likeness (QED) is 0.197. The Bertz CT molecular complexity index is 1820. The summed E-state index contributed by atoms with van der Waals surface area (Å²) in [5, 5.41) is 22.9. The smallest absolute Gasteiger partial charge is 0.242 e. The molecule has 0 atom stereocenters. The van der Waals surface area contributed by atoms with E-state index in [9.17, 15) is 15.0 Å². The van der Waals surface area contributed by atoms with E-state index in [1.54, 1.807) is 43.3 Å². The number of carbonyl (C=O) groups is 1. The first-order valence-electron chi connectivity index (χ1n) is 12.0. The van der Waals surface area contributed by atoms with Crippen molar-refractivity contribution in [1.82, 2.24) is 9.55 Å². The Morgan fingerprint density at radius 2 is 1.77 bits per heavy atom. The van der Waals surface area contributed by atoms with Crippen LogP contribution >= 0.6 is 22.9 Å². The Morgan fingerprint density at radius 1 is 1.00 bits per heavy atom. The molecule has 6 aromatic rings. The number of halogens is 1. The number of hydrogen-bond acceptors (Lipinski definition) is 7. The summed E-state index contributed by atoms with van der Waals surface area (Å²) in [5.74, 6) is -0.459. The van der Waals surface area contributed by atoms with Crippen molar-refractivity contribution in [3.8, 4) is 33.8 Å². The minimum Gasteiger partial charge on any atom is -0.503 e. The molecule has 0 bridgehead atoms. The Hall–Kier alpha value is -4.53. The van der Waals surface area contributed by atoms with Gasteiger partial charge in [-0.3, -0.25) is 9.36 Å². The molecular weight excluding hydrogens is 536 g/mol. The standard InChI is InChI=1S/C30H21ClN2O5S/c1-17-10-15-22(38-17)27(34)24-26(19-11-13-20(14-12-19)37-16-18-6-3-2-4-7-18)33(29(36)28(24)35)30-32-25-21(31)8-5-9-23(25)39-30/h2-15,35-36H,16H2,1H3. The number of carbonyl (C=O) groups excluding carboxylic acids is 1. The largest absolute Gasteiger partial charge is 0.503 e. The van der Waals surface area contributed by atoms with E-state index in [4.69, 9.17) is 20.8 Å². The van der Waals surface area contributed by atoms with Gasteiger partial charge in [0.2, 0.25) is 11.7 Å². The fraction of sp³-hybridized carbons (Fsp3) is 0.0667. The van der Waals surface area contributed by atoms with Crippen molar-refractivity contribution in [2.45, 2.75) is 13.5 Å². The van der Waals surface area contributed by atoms with Gasteiger partial charge in [0.05, 0.1) is 21.0 Å². The lowest BCUT2D eigenvalue weighted by molar-refractivity contribution is 0.101. The maximum Gasteiger partial charge on any atom is 0.242 e. The highest BCUT2D eigenvalue weighted by Crippen LogP contribution is 2.46. The van der Waals surface area contributed by atoms with Crippen molar-refractivity contribution in [2.75, 3.05) is 0 Å². The second kappa shape index (κ2) is 9.98. The number of benzene rings is 3. The van der Waals surface area contributed by atoms with E-state index in [1.807, 2.05) is 42.5 Å². The predicted octanol–water partition coefficient (Wildman–Crippen LogP) is 7.53. The average molecular weight is 557 g/mol. The Morgan fingerprint density at radius 3 is 2.46 bits per heavy atom. The fourth-order valence-corrected chi connectivity index (χ4v) is 5.63. The molecule has 0 fully saturated rings. The van der Waals surface area contributed by atoms with Crippen LogP contribution in [0.3, 0.4) is 0 Å². The van der Waals surface area contributed by atoms with Crippen LogP contribution in [-0.4, -0.2) is 25.5 Å². The lowest BCUT2D eigenvalue weighted by atomic mass is 10.0. The van der Waals surface area contributed by atoms with Crippen LogP contribution < -0.4 is 4.74 Å². The monoisotopic (exact) mass is 556 g/mol. The van der Waals surface area contributed by atoms with E-state index in [1.165, 1.54) is 22.0 Å². The molecular formula is C30H21ClN2O5S. The number of furan rings is 1. The maximum absolute atomic E-state index is 13.6. The number of rotatable bonds is 7. The number of ketones is 1. The third-order valence-electron chi connectivity index (χ3n) is 6.24. The number of fused-ring (bicyclic) bond motifs is 1. The number of aromatic nitrogens is 2. The first-order valence-corrected chi connectivity index (χ1v) is 13.2. The molecule has 0 spiro atoms. The zero-order chi connectivity index (χ0) is 27.1. The van der Waals surface area contributed by atoms with E-state index in [2.05, 4.69) is 4.98 Å². The van der Waals surface area contributed by atoms with Gasteiger partial charge < -0.3 is 19.4 Å². The van der Waals surface area contributed by atoms with Crippen molar-refractivity contribution in [3.05, 3.63) is 113 Å². The van der Waals surface area contributed by atoms with Crippen LogP contribution in [0.15, 0.2) is 89.3 Å². The van der Waals surface area contributed by atoms with Crippen LogP contribution in [0.2, 0.25) is 5.02 Å². The SMILES string of the molecule is Cc1ccc(C(=O)c2c(O)c(O)n(-c3nc4c(Cl)cccc4s3)c2-c2ccc(OCc3ccccc3)cc2)o1. The summed E-state index contributed by atoms with van der Waals surface area (Å²) in [4.78, 5) is 18.2. The van der Waals surface area contributed by atoms with Gasteiger partial charge in [-0.05, 0) is 66.6 Å². The second-order valence-corrected chi connectivity index (χ2v) is 10.3. The summed E-state index contributed by atoms with van der Waals surface area (Å²) < 4.78 is 13.6. The number of aryl methyl sites for hydroxylation is 1. The third-order valence-corrected chi connectivity index (χ3v) is 7.55. The van der Waals surface area contributed by atoms with Crippen molar-refractivity contribution in [2.24, 2.45) is 0 Å². The Kier molecular flexibility index (Phi) is 6.34. The molecule has 6 rings (SSSR count). The van der Waals surface area contributed by atoms with Crippen LogP contribution in [0.4, 0.5) is 0 Å². The Balaban J connectivity index is 1.48. The highest BCUT2D eigenvalue weighted by Gasteiger charge is 2.32. The number of hydrogen-bond donors (Lipinski definition) is 2. The molecule has 0 saturated heterocycles. The molecule has 0 saturated carbocycles. The minimum atomic E-state index is -0.576.